The fourth-order valence-corrected chi connectivity index (χ4v) is 0.852. The van der Waals surface area contributed by atoms with Crippen molar-refractivity contribution in [3.05, 3.63) is 0 Å². The van der Waals surface area contributed by atoms with E-state index in [-0.39, 0.29) is 0 Å². The van der Waals surface area contributed by atoms with Crippen LogP contribution in [-0.2, 0) is 4.79 Å². The lowest BCUT2D eigenvalue weighted by Gasteiger charge is -1.81. The summed E-state index contributed by atoms with van der Waals surface area (Å²) in [6.45, 7) is 2.02. The molecule has 0 amide bonds. The molecule has 0 saturated carbocycles. The van der Waals surface area contributed by atoms with Gasteiger partial charge < -0.3 is 4.79 Å². The van der Waals surface area contributed by atoms with Crippen LogP contribution < -0.4 is 0 Å². The number of carbonyl (C=O) groups is 1. The minimum absolute atomic E-state index is 0.428. The minimum atomic E-state index is 0.428. The van der Waals surface area contributed by atoms with Gasteiger partial charge in [0.25, 0.3) is 0 Å². The van der Waals surface area contributed by atoms with E-state index in [2.05, 4.69) is 0 Å². The van der Waals surface area contributed by atoms with Gasteiger partial charge in [0.05, 0.1) is 0 Å². The third kappa shape index (κ3) is 4.20. The molecule has 0 aromatic carbocycles. The summed E-state index contributed by atoms with van der Waals surface area (Å²) in [6.07, 6.45) is 1.81. The van der Waals surface area contributed by atoms with Crippen molar-refractivity contribution >= 4 is 20.9 Å². The smallest absolute Gasteiger partial charge is 0.319 e. The van der Waals surface area contributed by atoms with Crippen molar-refractivity contribution in [2.75, 3.05) is 0 Å². The SMILES string of the molecule is CCC[C](=O)[AlH2]. The van der Waals surface area contributed by atoms with Crippen LogP contribution >= 0.6 is 0 Å². The fraction of sp³-hybridized carbons (Fsp3) is 0.750. The molecule has 0 N–H and O–H groups in total. The Hall–Kier alpha value is 0.202. The van der Waals surface area contributed by atoms with E-state index < -0.39 is 0 Å². The molecule has 0 atom stereocenters. The van der Waals surface area contributed by atoms with Crippen LogP contribution in [0.1, 0.15) is 19.8 Å². The number of rotatable bonds is 2. The fourth-order valence-electron chi connectivity index (χ4n) is 0.352. The lowest BCUT2D eigenvalue weighted by Crippen LogP contribution is -1.91. The van der Waals surface area contributed by atoms with E-state index in [1.807, 2.05) is 6.92 Å². The average molecular weight is 100 g/mol. The molecule has 0 heterocycles. The Morgan fingerprint density at radius 2 is 2.33 bits per heavy atom. The monoisotopic (exact) mass is 100 g/mol. The Kier molecular flexibility index (Phi) is 3.51. The summed E-state index contributed by atoms with van der Waals surface area (Å²) in [6, 6.07) is 0. The van der Waals surface area contributed by atoms with Crippen LogP contribution in [0.25, 0.3) is 0 Å². The summed E-state index contributed by atoms with van der Waals surface area (Å²) in [4.78, 5) is 10.1. The van der Waals surface area contributed by atoms with Gasteiger partial charge in [-0.25, -0.2) is 0 Å². The van der Waals surface area contributed by atoms with E-state index in [0.717, 1.165) is 29.1 Å². The molecule has 6 heavy (non-hydrogen) atoms. The summed E-state index contributed by atoms with van der Waals surface area (Å²) >= 11 is 0.740. The van der Waals surface area contributed by atoms with Crippen LogP contribution in [0, 0.1) is 0 Å². The molecule has 0 fully saturated rings. The average Bonchev–Trinajstić information content (AvgIpc) is 1.35. The molecule has 0 aromatic heterocycles. The highest BCUT2D eigenvalue weighted by Crippen LogP contribution is 1.81. The van der Waals surface area contributed by atoms with Gasteiger partial charge in [-0.05, 0) is 6.42 Å². The van der Waals surface area contributed by atoms with Gasteiger partial charge in [-0.1, -0.05) is 13.3 Å². The first-order chi connectivity index (χ1) is 2.77. The first kappa shape index (κ1) is 6.20. The van der Waals surface area contributed by atoms with Gasteiger partial charge in [-0.2, -0.15) is 0 Å². The lowest BCUT2D eigenvalue weighted by molar-refractivity contribution is -0.111. The summed E-state index contributed by atoms with van der Waals surface area (Å²) in [5.41, 5.74) is 0. The van der Waals surface area contributed by atoms with Gasteiger partial charge in [-0.3, -0.25) is 0 Å². The predicted molar refractivity (Wildman–Crippen MR) is 28.5 cm³/mol. The number of hydrogen-bond acceptors (Lipinski definition) is 1. The van der Waals surface area contributed by atoms with Crippen molar-refractivity contribution in [3.63, 3.8) is 0 Å². The molecule has 2 heteroatoms. The molecule has 0 aliphatic rings. The van der Waals surface area contributed by atoms with Gasteiger partial charge >= 0.3 is 16.3 Å². The van der Waals surface area contributed by atoms with Crippen molar-refractivity contribution in [1.82, 2.24) is 0 Å². The van der Waals surface area contributed by atoms with Crippen molar-refractivity contribution < 1.29 is 4.79 Å². The maximum atomic E-state index is 10.1. The topological polar surface area (TPSA) is 17.1 Å². The van der Waals surface area contributed by atoms with E-state index in [0.29, 0.717) is 4.65 Å². The summed E-state index contributed by atoms with van der Waals surface area (Å²) < 4.78 is 0.428. The van der Waals surface area contributed by atoms with Crippen molar-refractivity contribution in [2.24, 2.45) is 0 Å². The highest BCUT2D eigenvalue weighted by atomic mass is 27.0. The van der Waals surface area contributed by atoms with Crippen LogP contribution in [0.2, 0.25) is 0 Å². The molecule has 0 radical (unpaired) electrons. The normalized spacial score (nSPS) is 8.17. The molecule has 0 bridgehead atoms. The van der Waals surface area contributed by atoms with Crippen LogP contribution in [0.5, 0.6) is 0 Å². The number of carbonyl (C=O) groups excluding carboxylic acids is 1. The predicted octanol–water partition coefficient (Wildman–Crippen LogP) is -0.0538. The van der Waals surface area contributed by atoms with Crippen molar-refractivity contribution in [2.45, 2.75) is 19.8 Å². The van der Waals surface area contributed by atoms with Crippen LogP contribution in [0.4, 0.5) is 0 Å². The van der Waals surface area contributed by atoms with Crippen LogP contribution in [0.3, 0.4) is 0 Å². The lowest BCUT2D eigenvalue weighted by atomic mass is 10.4. The molecule has 0 aliphatic heterocycles. The second kappa shape index (κ2) is 3.39. The van der Waals surface area contributed by atoms with E-state index in [9.17, 15) is 4.79 Å². The molecular weight excluding hydrogens is 91.0 g/mol. The highest BCUT2D eigenvalue weighted by Gasteiger charge is 1.84. The Morgan fingerprint density at radius 3 is 2.33 bits per heavy atom. The van der Waals surface area contributed by atoms with Gasteiger partial charge in [0.1, 0.15) is 0 Å². The van der Waals surface area contributed by atoms with E-state index in [1.165, 1.54) is 0 Å². The zero-order chi connectivity index (χ0) is 4.99. The zero-order valence-corrected chi connectivity index (χ0v) is 6.32. The van der Waals surface area contributed by atoms with Crippen molar-refractivity contribution in [1.29, 1.82) is 0 Å². The molecule has 0 rings (SSSR count). The minimum Gasteiger partial charge on any atom is -0.322 e. The van der Waals surface area contributed by atoms with Gasteiger partial charge in [0, 0.05) is 4.65 Å². The Bertz CT molecular complexity index is 51.5. The van der Waals surface area contributed by atoms with Crippen LogP contribution in [0.15, 0.2) is 0 Å². The first-order valence-electron chi connectivity index (χ1n) is 2.26. The maximum Gasteiger partial charge on any atom is 0.319 e. The second-order valence-corrected chi connectivity index (χ2v) is 2.57. The van der Waals surface area contributed by atoms with E-state index in [4.69, 9.17) is 0 Å². The van der Waals surface area contributed by atoms with E-state index in [1.54, 1.807) is 0 Å². The Balaban J connectivity index is 2.83. The molecular formula is C4H9AlO. The third-order valence-corrected chi connectivity index (χ3v) is 1.10. The summed E-state index contributed by atoms with van der Waals surface area (Å²) in [5.74, 6) is 0. The Labute approximate surface area is 46.2 Å². The molecule has 0 aromatic rings. The van der Waals surface area contributed by atoms with Crippen molar-refractivity contribution in [3.8, 4) is 0 Å². The maximum absolute atomic E-state index is 10.1. The Morgan fingerprint density at radius 1 is 1.83 bits per heavy atom. The summed E-state index contributed by atoms with van der Waals surface area (Å²) in [7, 11) is 0. The quantitative estimate of drug-likeness (QED) is 0.444. The molecule has 0 saturated heterocycles. The third-order valence-electron chi connectivity index (χ3n) is 0.602. The molecule has 34 valence electrons. The van der Waals surface area contributed by atoms with Gasteiger partial charge in [0.2, 0.25) is 0 Å². The molecule has 0 aliphatic carbocycles. The van der Waals surface area contributed by atoms with Crippen LogP contribution in [-0.4, -0.2) is 20.9 Å². The molecule has 1 nitrogen and oxygen atoms in total. The van der Waals surface area contributed by atoms with E-state index >= 15 is 0 Å². The molecule has 0 spiro atoms. The standard InChI is InChI=1S/C4H7O.Al.2H/c1-2-3-4-5;;;/h2-3H2,1H3;;;. The number of hydrogen-bond donors (Lipinski definition) is 0. The molecule has 0 unspecified atom stereocenters. The summed E-state index contributed by atoms with van der Waals surface area (Å²) in [5, 5.41) is 0. The van der Waals surface area contributed by atoms with Gasteiger partial charge in [-0.15, -0.1) is 0 Å². The first-order valence-corrected chi connectivity index (χ1v) is 3.26. The highest BCUT2D eigenvalue weighted by molar-refractivity contribution is 6.57. The largest absolute Gasteiger partial charge is 0.322 e. The zero-order valence-electron chi connectivity index (χ0n) is 4.32. The van der Waals surface area contributed by atoms with Gasteiger partial charge in [0.15, 0.2) is 0 Å². The second-order valence-electron chi connectivity index (χ2n) is 1.45.